The molecule has 2 N–H and O–H groups in total. The molecule has 3 heterocycles. The lowest BCUT2D eigenvalue weighted by atomic mass is 9.74. The van der Waals surface area contributed by atoms with Crippen LogP contribution in [0.3, 0.4) is 0 Å². The zero-order chi connectivity index (χ0) is 20.5. The van der Waals surface area contributed by atoms with Gasteiger partial charge < -0.3 is 9.84 Å². The molecule has 160 valence electrons. The molecule has 0 aromatic heterocycles. The second-order valence-corrected chi connectivity index (χ2v) is 10.7. The molecule has 4 aliphatic rings. The summed E-state index contributed by atoms with van der Waals surface area (Å²) in [5.41, 5.74) is 1.36. The van der Waals surface area contributed by atoms with E-state index in [-0.39, 0.29) is 23.4 Å². The molecule has 1 aromatic carbocycles. The van der Waals surface area contributed by atoms with Crippen molar-refractivity contribution in [3.05, 3.63) is 35.9 Å². The van der Waals surface area contributed by atoms with Gasteiger partial charge >= 0.3 is 0 Å². The normalized spacial score (nSPS) is 33.2. The number of carboxylic acid groups (broad SMARTS) is 1. The number of likely N-dealkylation sites (tertiary alicyclic amines) is 1. The van der Waals surface area contributed by atoms with Crippen LogP contribution in [0, 0.1) is 11.8 Å². The monoisotopic (exact) mass is 422 g/mol. The highest BCUT2D eigenvalue weighted by Gasteiger charge is 2.62. The number of rotatable bonds is 7. The smallest absolute Gasteiger partial charge is 0.290 e. The number of fused-ring (bicyclic) bond motifs is 1. The van der Waals surface area contributed by atoms with Gasteiger partial charge in [-0.25, -0.2) is 13.1 Å². The maximum atomic E-state index is 12.2. The van der Waals surface area contributed by atoms with Crippen molar-refractivity contribution in [3.63, 3.8) is 0 Å². The van der Waals surface area contributed by atoms with Crippen LogP contribution < -0.4 is 4.72 Å². The SMILES string of the molecule is O=CO.O=S(=O)(NC[C@H]1[C@H]2CN(CCc3ccccc3)C[C@]23CC[C@H]1O3)C1CC1. The summed E-state index contributed by atoms with van der Waals surface area (Å²) in [7, 11) is -3.10. The predicted octanol–water partition coefficient (Wildman–Crippen LogP) is 1.49. The third-order valence-corrected chi connectivity index (χ3v) is 8.82. The molecular formula is C21H30N2O5S. The van der Waals surface area contributed by atoms with Crippen molar-refractivity contribution in [2.24, 2.45) is 11.8 Å². The van der Waals surface area contributed by atoms with Crippen LogP contribution in [0.5, 0.6) is 0 Å². The molecule has 3 saturated heterocycles. The number of carbonyl (C=O) groups is 1. The molecule has 1 aliphatic carbocycles. The molecule has 1 saturated carbocycles. The third-order valence-electron chi connectivity index (χ3n) is 6.90. The van der Waals surface area contributed by atoms with Crippen molar-refractivity contribution in [1.29, 1.82) is 0 Å². The van der Waals surface area contributed by atoms with E-state index in [1.165, 1.54) is 5.56 Å². The average molecular weight is 423 g/mol. The van der Waals surface area contributed by atoms with Crippen molar-refractivity contribution in [2.75, 3.05) is 26.2 Å². The van der Waals surface area contributed by atoms with Gasteiger partial charge in [-0.1, -0.05) is 30.3 Å². The Morgan fingerprint density at radius 3 is 2.66 bits per heavy atom. The lowest BCUT2D eigenvalue weighted by Gasteiger charge is -2.29. The number of hydrogen-bond acceptors (Lipinski definition) is 5. The molecule has 7 nitrogen and oxygen atoms in total. The zero-order valence-corrected chi connectivity index (χ0v) is 17.4. The van der Waals surface area contributed by atoms with Crippen LogP contribution in [0.2, 0.25) is 0 Å². The van der Waals surface area contributed by atoms with E-state index in [2.05, 4.69) is 40.0 Å². The second-order valence-electron chi connectivity index (χ2n) is 8.70. The van der Waals surface area contributed by atoms with Gasteiger partial charge in [-0.05, 0) is 37.7 Å². The number of nitrogens with one attached hydrogen (secondary N) is 1. The molecule has 2 bridgehead atoms. The first kappa shape index (κ1) is 20.8. The first-order chi connectivity index (χ1) is 14.0. The van der Waals surface area contributed by atoms with Crippen molar-refractivity contribution >= 4 is 16.5 Å². The van der Waals surface area contributed by atoms with Crippen molar-refractivity contribution in [3.8, 4) is 0 Å². The summed E-state index contributed by atoms with van der Waals surface area (Å²) < 4.78 is 33.8. The molecule has 0 radical (unpaired) electrons. The molecule has 8 heteroatoms. The van der Waals surface area contributed by atoms with Crippen molar-refractivity contribution in [1.82, 2.24) is 9.62 Å². The van der Waals surface area contributed by atoms with Gasteiger partial charge in [0.15, 0.2) is 0 Å². The summed E-state index contributed by atoms with van der Waals surface area (Å²) in [6, 6.07) is 10.6. The zero-order valence-electron chi connectivity index (χ0n) is 16.6. The average Bonchev–Trinajstić information content (AvgIpc) is 3.33. The largest absolute Gasteiger partial charge is 0.483 e. The van der Waals surface area contributed by atoms with Crippen LogP contribution in [-0.4, -0.2) is 68.0 Å². The molecule has 3 aliphatic heterocycles. The molecule has 0 amide bonds. The summed E-state index contributed by atoms with van der Waals surface area (Å²) in [6.45, 7) is 3.41. The summed E-state index contributed by atoms with van der Waals surface area (Å²) in [5, 5.41) is 6.75. The van der Waals surface area contributed by atoms with Crippen LogP contribution in [0.1, 0.15) is 31.2 Å². The van der Waals surface area contributed by atoms with Gasteiger partial charge in [-0.3, -0.25) is 9.69 Å². The van der Waals surface area contributed by atoms with Gasteiger partial charge in [0.2, 0.25) is 10.0 Å². The molecular weight excluding hydrogens is 392 g/mol. The molecule has 4 atom stereocenters. The Kier molecular flexibility index (Phi) is 5.97. The highest BCUT2D eigenvalue weighted by atomic mass is 32.2. The summed E-state index contributed by atoms with van der Waals surface area (Å²) in [6.07, 6.45) is 5.17. The van der Waals surface area contributed by atoms with E-state index in [9.17, 15) is 8.42 Å². The van der Waals surface area contributed by atoms with Gasteiger partial charge in [0.1, 0.15) is 0 Å². The number of benzene rings is 1. The minimum Gasteiger partial charge on any atom is -0.483 e. The highest BCUT2D eigenvalue weighted by Crippen LogP contribution is 2.54. The lowest BCUT2D eigenvalue weighted by molar-refractivity contribution is -0.122. The number of ether oxygens (including phenoxy) is 1. The minimum atomic E-state index is -3.10. The van der Waals surface area contributed by atoms with Crippen LogP contribution in [0.15, 0.2) is 30.3 Å². The molecule has 0 unspecified atom stereocenters. The van der Waals surface area contributed by atoms with Crippen molar-refractivity contribution in [2.45, 2.75) is 49.1 Å². The maximum absolute atomic E-state index is 12.2. The van der Waals surface area contributed by atoms with Gasteiger partial charge in [0, 0.05) is 38.0 Å². The Hall–Kier alpha value is -1.48. The van der Waals surface area contributed by atoms with Gasteiger partial charge in [0.05, 0.1) is 17.0 Å². The van der Waals surface area contributed by atoms with E-state index in [0.717, 1.165) is 51.7 Å². The Labute approximate surface area is 172 Å². The summed E-state index contributed by atoms with van der Waals surface area (Å²) >= 11 is 0. The Balaban J connectivity index is 0.000000645. The van der Waals surface area contributed by atoms with E-state index in [4.69, 9.17) is 14.6 Å². The van der Waals surface area contributed by atoms with Crippen molar-refractivity contribution < 1.29 is 23.1 Å². The van der Waals surface area contributed by atoms with E-state index >= 15 is 0 Å². The fraction of sp³-hybridized carbons (Fsp3) is 0.667. The van der Waals surface area contributed by atoms with Crippen LogP contribution >= 0.6 is 0 Å². The quantitative estimate of drug-likeness (QED) is 0.647. The van der Waals surface area contributed by atoms with Crippen LogP contribution in [-0.2, 0) is 26.0 Å². The molecule has 1 spiro atoms. The summed E-state index contributed by atoms with van der Waals surface area (Å²) in [4.78, 5) is 10.9. The second kappa shape index (κ2) is 8.34. The standard InChI is InChI=1S/C20H28N2O3S.CH2O2/c23-26(24,16-6-7-16)21-12-17-18-13-22(11-9-15-4-2-1-3-5-15)14-20(18)10-8-19(17)25-20;2-1-3/h1-5,16-19,21H,6-14H2;1H,(H,2,3)/t17-,18+,19+,20+;/m0./s1. The fourth-order valence-corrected chi connectivity index (χ4v) is 6.79. The molecule has 1 aromatic rings. The topological polar surface area (TPSA) is 95.9 Å². The third kappa shape index (κ3) is 4.35. The van der Waals surface area contributed by atoms with Gasteiger partial charge in [0.25, 0.3) is 6.47 Å². The van der Waals surface area contributed by atoms with E-state index < -0.39 is 10.0 Å². The Morgan fingerprint density at radius 2 is 1.97 bits per heavy atom. The Bertz CT molecular complexity index is 814. The van der Waals surface area contributed by atoms with Gasteiger partial charge in [-0.15, -0.1) is 0 Å². The highest BCUT2D eigenvalue weighted by molar-refractivity contribution is 7.90. The number of nitrogens with zero attached hydrogens (tertiary/aromatic N) is 1. The lowest BCUT2D eigenvalue weighted by Crippen LogP contribution is -2.42. The molecule has 29 heavy (non-hydrogen) atoms. The first-order valence-electron chi connectivity index (χ1n) is 10.5. The molecule has 4 fully saturated rings. The van der Waals surface area contributed by atoms with E-state index in [0.29, 0.717) is 18.4 Å². The van der Waals surface area contributed by atoms with Crippen LogP contribution in [0.25, 0.3) is 0 Å². The Morgan fingerprint density at radius 1 is 1.24 bits per heavy atom. The number of hydrogen-bond donors (Lipinski definition) is 2. The van der Waals surface area contributed by atoms with Crippen LogP contribution in [0.4, 0.5) is 0 Å². The van der Waals surface area contributed by atoms with E-state index in [1.54, 1.807) is 0 Å². The first-order valence-corrected chi connectivity index (χ1v) is 12.0. The number of sulfonamides is 1. The minimum absolute atomic E-state index is 0.0168. The van der Waals surface area contributed by atoms with E-state index in [1.807, 2.05) is 0 Å². The summed E-state index contributed by atoms with van der Waals surface area (Å²) in [5.74, 6) is 0.804. The predicted molar refractivity (Wildman–Crippen MR) is 109 cm³/mol. The van der Waals surface area contributed by atoms with Gasteiger partial charge in [-0.2, -0.15) is 0 Å². The molecule has 5 rings (SSSR count). The maximum Gasteiger partial charge on any atom is 0.290 e. The fourth-order valence-electron chi connectivity index (χ4n) is 5.37.